The molecule has 33 heavy (non-hydrogen) atoms. The molecule has 0 saturated carbocycles. The number of carbonyl (C=O) groups is 1. The van der Waals surface area contributed by atoms with E-state index in [0.29, 0.717) is 13.1 Å². The van der Waals surface area contributed by atoms with Crippen molar-refractivity contribution in [1.29, 1.82) is 0 Å². The second-order valence-electron chi connectivity index (χ2n) is 7.79. The van der Waals surface area contributed by atoms with Gasteiger partial charge < -0.3 is 9.80 Å². The first kappa shape index (κ1) is 20.6. The Kier molecular flexibility index (Phi) is 5.93. The Hall–Kier alpha value is -4.26. The fraction of sp³-hybridized carbons (Fsp3) is 0.154. The second kappa shape index (κ2) is 9.48. The molecule has 0 bridgehead atoms. The van der Waals surface area contributed by atoms with Gasteiger partial charge in [-0.1, -0.05) is 24.3 Å². The number of rotatable bonds is 5. The number of hydrogen-bond acceptors (Lipinski definition) is 5. The highest BCUT2D eigenvalue weighted by Crippen LogP contribution is 2.24. The van der Waals surface area contributed by atoms with Gasteiger partial charge in [-0.15, -0.1) is 0 Å². The van der Waals surface area contributed by atoms with Crippen LogP contribution in [-0.2, 0) is 4.79 Å². The van der Waals surface area contributed by atoms with Crippen LogP contribution in [0.5, 0.6) is 0 Å². The van der Waals surface area contributed by atoms with Gasteiger partial charge in [0.1, 0.15) is 11.5 Å². The van der Waals surface area contributed by atoms with Crippen LogP contribution in [0.2, 0.25) is 0 Å². The molecule has 1 aliphatic rings. The van der Waals surface area contributed by atoms with Gasteiger partial charge in [-0.05, 0) is 42.5 Å². The van der Waals surface area contributed by atoms with Crippen LogP contribution in [0.25, 0.3) is 23.0 Å². The molecule has 0 aliphatic carbocycles. The van der Waals surface area contributed by atoms with E-state index in [9.17, 15) is 4.79 Å². The number of para-hydroxylation sites is 1. The van der Waals surface area contributed by atoms with Crippen molar-refractivity contribution in [2.24, 2.45) is 0 Å². The van der Waals surface area contributed by atoms with Crippen LogP contribution in [0, 0.1) is 0 Å². The molecule has 3 aromatic heterocycles. The largest absolute Gasteiger partial charge is 0.353 e. The predicted octanol–water partition coefficient (Wildman–Crippen LogP) is 3.69. The van der Waals surface area contributed by atoms with Gasteiger partial charge in [-0.25, -0.2) is 9.67 Å². The Morgan fingerprint density at radius 1 is 0.879 bits per heavy atom. The molecule has 1 aromatic carbocycles. The first-order valence-electron chi connectivity index (χ1n) is 11.0. The fourth-order valence-corrected chi connectivity index (χ4v) is 3.91. The Morgan fingerprint density at radius 2 is 1.70 bits per heavy atom. The molecule has 0 unspecified atom stereocenters. The summed E-state index contributed by atoms with van der Waals surface area (Å²) in [6, 6.07) is 19.7. The number of anilines is 1. The van der Waals surface area contributed by atoms with E-state index >= 15 is 0 Å². The Balaban J connectivity index is 1.33. The van der Waals surface area contributed by atoms with Crippen LogP contribution in [-0.4, -0.2) is 56.7 Å². The van der Waals surface area contributed by atoms with E-state index in [-0.39, 0.29) is 5.91 Å². The molecule has 7 nitrogen and oxygen atoms in total. The van der Waals surface area contributed by atoms with E-state index in [1.807, 2.05) is 82.5 Å². The van der Waals surface area contributed by atoms with Crippen molar-refractivity contribution in [1.82, 2.24) is 24.6 Å². The summed E-state index contributed by atoms with van der Waals surface area (Å²) in [4.78, 5) is 25.6. The molecule has 1 saturated heterocycles. The van der Waals surface area contributed by atoms with Gasteiger partial charge in [-0.2, -0.15) is 5.10 Å². The van der Waals surface area contributed by atoms with E-state index in [1.165, 1.54) is 0 Å². The quantitative estimate of drug-likeness (QED) is 0.447. The Morgan fingerprint density at radius 3 is 2.42 bits per heavy atom. The van der Waals surface area contributed by atoms with Gasteiger partial charge >= 0.3 is 0 Å². The summed E-state index contributed by atoms with van der Waals surface area (Å²) in [5.41, 5.74) is 3.52. The average Bonchev–Trinajstić information content (AvgIpc) is 3.33. The monoisotopic (exact) mass is 436 g/mol. The average molecular weight is 437 g/mol. The number of carbonyl (C=O) groups excluding carboxylic acids is 1. The molecular formula is C26H24N6O. The van der Waals surface area contributed by atoms with Gasteiger partial charge in [0.2, 0.25) is 5.91 Å². The summed E-state index contributed by atoms with van der Waals surface area (Å²) in [6.07, 6.45) is 10.8. The molecule has 0 spiro atoms. The molecule has 0 radical (unpaired) electrons. The smallest absolute Gasteiger partial charge is 0.246 e. The molecule has 1 fully saturated rings. The molecule has 4 heterocycles. The highest BCUT2D eigenvalue weighted by atomic mass is 16.2. The van der Waals surface area contributed by atoms with Gasteiger partial charge in [0, 0.05) is 68.2 Å². The predicted molar refractivity (Wildman–Crippen MR) is 129 cm³/mol. The number of pyridine rings is 2. The molecule has 1 amide bonds. The maximum Gasteiger partial charge on any atom is 0.246 e. The third kappa shape index (κ3) is 4.67. The Bertz CT molecular complexity index is 1230. The third-order valence-electron chi connectivity index (χ3n) is 5.67. The summed E-state index contributed by atoms with van der Waals surface area (Å²) >= 11 is 0. The summed E-state index contributed by atoms with van der Waals surface area (Å²) in [6.45, 7) is 2.86. The lowest BCUT2D eigenvalue weighted by Crippen LogP contribution is -2.48. The van der Waals surface area contributed by atoms with Crippen molar-refractivity contribution < 1.29 is 4.79 Å². The molecule has 5 rings (SSSR count). The van der Waals surface area contributed by atoms with E-state index in [1.54, 1.807) is 24.7 Å². The first-order chi connectivity index (χ1) is 16.3. The number of nitrogens with zero attached hydrogens (tertiary/aromatic N) is 6. The van der Waals surface area contributed by atoms with Gasteiger partial charge in [0.05, 0.1) is 5.69 Å². The maximum absolute atomic E-state index is 12.9. The van der Waals surface area contributed by atoms with Crippen molar-refractivity contribution in [2.45, 2.75) is 0 Å². The summed E-state index contributed by atoms with van der Waals surface area (Å²) in [5.74, 6) is 0.954. The van der Waals surface area contributed by atoms with Crippen molar-refractivity contribution in [2.75, 3.05) is 31.1 Å². The topological polar surface area (TPSA) is 67.2 Å². The molecule has 1 aliphatic heterocycles. The number of hydrogen-bond donors (Lipinski definition) is 0. The zero-order valence-electron chi connectivity index (χ0n) is 18.2. The van der Waals surface area contributed by atoms with Gasteiger partial charge in [0.25, 0.3) is 0 Å². The van der Waals surface area contributed by atoms with Crippen LogP contribution >= 0.6 is 0 Å². The molecule has 0 atom stereocenters. The SMILES string of the molecule is O=C(/C=C/c1cn(-c2ccccc2)nc1-c1cccnc1)N1CCN(c2ccccn2)CC1. The third-order valence-corrected chi connectivity index (χ3v) is 5.67. The van der Waals surface area contributed by atoms with Crippen LogP contribution < -0.4 is 4.90 Å². The van der Waals surface area contributed by atoms with Gasteiger partial charge in [-0.3, -0.25) is 9.78 Å². The lowest BCUT2D eigenvalue weighted by molar-refractivity contribution is -0.126. The number of amides is 1. The standard InChI is InChI=1S/C26H24N6O/c33-25(31-17-15-30(16-18-31)24-10-4-5-14-28-24)12-11-22-20-32(23-8-2-1-3-9-23)29-26(22)21-7-6-13-27-19-21/h1-14,19-20H,15-18H2/b12-11+. The molecule has 164 valence electrons. The number of piperazine rings is 1. The van der Waals surface area contributed by atoms with E-state index in [2.05, 4.69) is 14.9 Å². The highest BCUT2D eigenvalue weighted by molar-refractivity contribution is 5.93. The van der Waals surface area contributed by atoms with Crippen molar-refractivity contribution in [3.8, 4) is 16.9 Å². The van der Waals surface area contributed by atoms with E-state index in [4.69, 9.17) is 5.10 Å². The maximum atomic E-state index is 12.9. The van der Waals surface area contributed by atoms with Crippen LogP contribution in [0.1, 0.15) is 5.56 Å². The molecule has 4 aromatic rings. The summed E-state index contributed by atoms with van der Waals surface area (Å²) in [7, 11) is 0. The second-order valence-corrected chi connectivity index (χ2v) is 7.79. The summed E-state index contributed by atoms with van der Waals surface area (Å²) < 4.78 is 1.83. The van der Waals surface area contributed by atoms with Crippen LogP contribution in [0.4, 0.5) is 5.82 Å². The van der Waals surface area contributed by atoms with E-state index in [0.717, 1.165) is 41.4 Å². The minimum atomic E-state index is 0.000249. The molecule has 0 N–H and O–H groups in total. The van der Waals surface area contributed by atoms with Crippen molar-refractivity contribution in [3.05, 3.63) is 97.1 Å². The van der Waals surface area contributed by atoms with Crippen LogP contribution in [0.15, 0.2) is 91.5 Å². The zero-order valence-corrected chi connectivity index (χ0v) is 18.2. The lowest BCUT2D eigenvalue weighted by Gasteiger charge is -2.34. The Labute approximate surface area is 192 Å². The minimum absolute atomic E-state index is 0.000249. The van der Waals surface area contributed by atoms with Crippen molar-refractivity contribution >= 4 is 17.8 Å². The van der Waals surface area contributed by atoms with Crippen molar-refractivity contribution in [3.63, 3.8) is 0 Å². The van der Waals surface area contributed by atoms with Crippen LogP contribution in [0.3, 0.4) is 0 Å². The number of aromatic nitrogens is 4. The summed E-state index contributed by atoms with van der Waals surface area (Å²) in [5, 5.41) is 4.77. The zero-order chi connectivity index (χ0) is 22.5. The fourth-order valence-electron chi connectivity index (χ4n) is 3.91. The van der Waals surface area contributed by atoms with E-state index < -0.39 is 0 Å². The normalized spacial score (nSPS) is 14.1. The highest BCUT2D eigenvalue weighted by Gasteiger charge is 2.20. The minimum Gasteiger partial charge on any atom is -0.353 e. The number of benzene rings is 1. The van der Waals surface area contributed by atoms with Gasteiger partial charge in [0.15, 0.2) is 0 Å². The lowest BCUT2D eigenvalue weighted by atomic mass is 10.1. The molecular weight excluding hydrogens is 412 g/mol. The molecule has 7 heteroatoms. The first-order valence-corrected chi connectivity index (χ1v) is 11.0.